The van der Waals surface area contributed by atoms with E-state index in [1.54, 1.807) is 12.1 Å². The van der Waals surface area contributed by atoms with Gasteiger partial charge in [0.25, 0.3) is 15.6 Å². The Hall–Kier alpha value is -3.86. The Balaban J connectivity index is 1.65. The molecule has 0 aliphatic carbocycles. The smallest absolute Gasteiger partial charge is 0.263 e. The number of nitrogens with one attached hydrogen (secondary N) is 1. The number of sulfonamides is 1. The van der Waals surface area contributed by atoms with Crippen LogP contribution < -0.4 is 15.0 Å². The van der Waals surface area contributed by atoms with E-state index in [0.29, 0.717) is 26.5 Å². The van der Waals surface area contributed by atoms with Crippen LogP contribution in [-0.4, -0.2) is 25.3 Å². The fourth-order valence-electron chi connectivity index (χ4n) is 3.91. The lowest BCUT2D eigenvalue weighted by Gasteiger charge is -2.17. The highest BCUT2D eigenvalue weighted by Gasteiger charge is 2.20. The lowest BCUT2D eigenvalue weighted by molar-refractivity contribution is 0.412. The van der Waals surface area contributed by atoms with E-state index in [0.717, 1.165) is 0 Å². The minimum atomic E-state index is -3.99. The lowest BCUT2D eigenvalue weighted by atomic mass is 10.0. The van der Waals surface area contributed by atoms with E-state index in [9.17, 15) is 13.2 Å². The lowest BCUT2D eigenvalue weighted by Crippen LogP contribution is -2.19. The first-order valence-corrected chi connectivity index (χ1v) is 12.8. The maximum Gasteiger partial charge on any atom is 0.263 e. The van der Waals surface area contributed by atoms with Gasteiger partial charge in [-0.15, -0.1) is 0 Å². The van der Waals surface area contributed by atoms with Gasteiger partial charge in [0, 0.05) is 39.2 Å². The van der Waals surface area contributed by atoms with Gasteiger partial charge in [-0.3, -0.25) is 14.1 Å². The highest BCUT2D eigenvalue weighted by atomic mass is 35.5. The van der Waals surface area contributed by atoms with E-state index in [1.165, 1.54) is 72.5 Å². The summed E-state index contributed by atoms with van der Waals surface area (Å²) in [4.78, 5) is 12.9. The van der Waals surface area contributed by atoms with E-state index < -0.39 is 21.4 Å². The number of fused-ring (bicyclic) bond motifs is 1. The first-order chi connectivity index (χ1) is 17.7. The van der Waals surface area contributed by atoms with Gasteiger partial charge in [0.2, 0.25) is 0 Å². The van der Waals surface area contributed by atoms with Crippen molar-refractivity contribution >= 4 is 49.9 Å². The predicted molar refractivity (Wildman–Crippen MR) is 139 cm³/mol. The second-order valence-corrected chi connectivity index (χ2v) is 10.4. The van der Waals surface area contributed by atoms with Crippen molar-refractivity contribution in [1.82, 2.24) is 9.72 Å². The molecule has 0 amide bonds. The van der Waals surface area contributed by atoms with E-state index in [-0.39, 0.29) is 27.7 Å². The molecule has 0 radical (unpaired) electrons. The van der Waals surface area contributed by atoms with Gasteiger partial charge in [-0.25, -0.2) is 12.8 Å². The van der Waals surface area contributed by atoms with Crippen molar-refractivity contribution in [3.8, 4) is 22.6 Å². The third kappa shape index (κ3) is 4.78. The number of pyridine rings is 1. The summed E-state index contributed by atoms with van der Waals surface area (Å²) in [6, 6.07) is 15.5. The Kier molecular flexibility index (Phi) is 6.40. The molecular weight excluding hydrogens is 544 g/mol. The number of methoxy groups -OCH3 is 1. The van der Waals surface area contributed by atoms with Crippen LogP contribution in [0.25, 0.3) is 27.7 Å². The summed E-state index contributed by atoms with van der Waals surface area (Å²) in [5.41, 5.74) is 0.596. The number of benzene rings is 3. The molecule has 37 heavy (non-hydrogen) atoms. The number of hydrogen-bond acceptors (Lipinski definition) is 6. The Morgan fingerprint density at radius 3 is 2.43 bits per heavy atom. The summed E-state index contributed by atoms with van der Waals surface area (Å²) < 4.78 is 54.6. The molecule has 0 atom stereocenters. The van der Waals surface area contributed by atoms with Crippen LogP contribution in [0.3, 0.4) is 0 Å². The first kappa shape index (κ1) is 24.8. The van der Waals surface area contributed by atoms with Crippen molar-refractivity contribution in [2.24, 2.45) is 0 Å². The predicted octanol–water partition coefficient (Wildman–Crippen LogP) is 5.90. The average Bonchev–Trinajstić information content (AvgIpc) is 3.35. The number of ether oxygens (including phenoxy) is 1. The Morgan fingerprint density at radius 2 is 1.76 bits per heavy atom. The molecule has 0 spiro atoms. The van der Waals surface area contributed by atoms with E-state index in [1.807, 2.05) is 0 Å². The van der Waals surface area contributed by atoms with Crippen molar-refractivity contribution in [2.45, 2.75) is 4.90 Å². The summed E-state index contributed by atoms with van der Waals surface area (Å²) in [6.45, 7) is 0. The van der Waals surface area contributed by atoms with E-state index in [4.69, 9.17) is 27.9 Å². The highest BCUT2D eigenvalue weighted by molar-refractivity contribution is 7.92. The van der Waals surface area contributed by atoms with Gasteiger partial charge in [-0.2, -0.15) is 0 Å². The van der Waals surface area contributed by atoms with Gasteiger partial charge < -0.3 is 9.26 Å². The van der Waals surface area contributed by atoms with E-state index >= 15 is 4.39 Å². The van der Waals surface area contributed by atoms with Crippen molar-refractivity contribution in [3.63, 3.8) is 0 Å². The van der Waals surface area contributed by atoms with Crippen molar-refractivity contribution in [2.75, 3.05) is 11.8 Å². The fourth-order valence-corrected chi connectivity index (χ4v) is 5.47. The van der Waals surface area contributed by atoms with Crippen LogP contribution in [0.2, 0.25) is 10.0 Å². The van der Waals surface area contributed by atoms with Crippen molar-refractivity contribution in [1.29, 1.82) is 0 Å². The molecule has 2 heterocycles. The van der Waals surface area contributed by atoms with Crippen LogP contribution in [0.1, 0.15) is 0 Å². The van der Waals surface area contributed by atoms with Gasteiger partial charge in [0.05, 0.1) is 23.2 Å². The summed E-state index contributed by atoms with van der Waals surface area (Å²) >= 11 is 12.2. The molecule has 5 aromatic rings. The normalized spacial score (nSPS) is 11.6. The summed E-state index contributed by atoms with van der Waals surface area (Å²) in [5.74, 6) is -0.424. The molecule has 0 aliphatic rings. The summed E-state index contributed by atoms with van der Waals surface area (Å²) in [6.07, 6.45) is 1.23. The number of anilines is 1. The SMILES string of the molecule is COc1cc(-c2cc(Cl)cc(Cl)c2)c(F)cc1-n1c(=O)ccc2cc(S(=O)(=O)Nc3ccon3)ccc21. The maximum atomic E-state index is 15.4. The zero-order valence-electron chi connectivity index (χ0n) is 18.9. The fraction of sp³-hybridized carbons (Fsp3) is 0.0400. The molecule has 2 aromatic heterocycles. The number of hydrogen-bond donors (Lipinski definition) is 1. The summed E-state index contributed by atoms with van der Waals surface area (Å²) in [7, 11) is -2.60. The molecule has 0 fully saturated rings. The van der Waals surface area contributed by atoms with Crippen LogP contribution in [-0.2, 0) is 10.0 Å². The average molecular weight is 560 g/mol. The summed E-state index contributed by atoms with van der Waals surface area (Å²) in [5, 5.41) is 4.62. The third-order valence-electron chi connectivity index (χ3n) is 5.54. The van der Waals surface area contributed by atoms with Gasteiger partial charge in [0.15, 0.2) is 5.82 Å². The molecule has 0 bridgehead atoms. The Morgan fingerprint density at radius 1 is 1.00 bits per heavy atom. The minimum Gasteiger partial charge on any atom is -0.495 e. The van der Waals surface area contributed by atoms with Crippen molar-refractivity contribution in [3.05, 3.63) is 99.2 Å². The molecule has 1 N–H and O–H groups in total. The molecular formula is C25H16Cl2FN3O5S. The second-order valence-electron chi connectivity index (χ2n) is 7.88. The molecule has 5 rings (SSSR count). The number of halogens is 3. The monoisotopic (exact) mass is 559 g/mol. The van der Waals surface area contributed by atoms with Crippen LogP contribution in [0.15, 0.2) is 87.2 Å². The quantitative estimate of drug-likeness (QED) is 0.277. The van der Waals surface area contributed by atoms with Gasteiger partial charge in [-0.05, 0) is 54.1 Å². The molecule has 0 aliphatic heterocycles. The minimum absolute atomic E-state index is 0.0198. The number of rotatable bonds is 6. The first-order valence-electron chi connectivity index (χ1n) is 10.6. The zero-order valence-corrected chi connectivity index (χ0v) is 21.2. The molecule has 0 saturated heterocycles. The standard InChI is InChI=1S/C25H16Cl2FN3O5S/c1-35-23-12-19(15-8-16(26)11-17(27)9-15)20(28)13-22(23)31-21-4-3-18(10-14(21)2-5-25(31)32)37(33,34)30-24-6-7-36-29-24/h2-13H,1H3,(H,29,30). The third-order valence-corrected chi connectivity index (χ3v) is 7.32. The van der Waals surface area contributed by atoms with Crippen LogP contribution in [0.5, 0.6) is 5.75 Å². The van der Waals surface area contributed by atoms with Crippen LogP contribution >= 0.6 is 23.2 Å². The largest absolute Gasteiger partial charge is 0.495 e. The molecule has 3 aromatic carbocycles. The van der Waals surface area contributed by atoms with Gasteiger partial charge in [0.1, 0.15) is 17.8 Å². The van der Waals surface area contributed by atoms with E-state index in [2.05, 4.69) is 14.4 Å². The molecule has 188 valence electrons. The maximum absolute atomic E-state index is 15.4. The Labute approximate surface area is 219 Å². The second kappa shape index (κ2) is 9.55. The van der Waals surface area contributed by atoms with Gasteiger partial charge >= 0.3 is 0 Å². The molecule has 12 heteroatoms. The highest BCUT2D eigenvalue weighted by Crippen LogP contribution is 2.35. The Bertz CT molecular complexity index is 1800. The van der Waals surface area contributed by atoms with Crippen LogP contribution in [0, 0.1) is 5.82 Å². The topological polar surface area (TPSA) is 103 Å². The molecule has 8 nitrogen and oxygen atoms in total. The number of aromatic nitrogens is 2. The number of nitrogens with zero attached hydrogens (tertiary/aromatic N) is 2. The zero-order chi connectivity index (χ0) is 26.3. The van der Waals surface area contributed by atoms with Crippen LogP contribution in [0.4, 0.5) is 10.2 Å². The van der Waals surface area contributed by atoms with Gasteiger partial charge in [-0.1, -0.05) is 28.4 Å². The molecule has 0 unspecified atom stereocenters. The molecule has 0 saturated carbocycles. The van der Waals surface area contributed by atoms with Crippen molar-refractivity contribution < 1.29 is 22.1 Å².